The van der Waals surface area contributed by atoms with Gasteiger partial charge in [-0.2, -0.15) is 4.98 Å². The van der Waals surface area contributed by atoms with E-state index in [0.717, 1.165) is 0 Å². The lowest BCUT2D eigenvalue weighted by Gasteiger charge is -2.07. The summed E-state index contributed by atoms with van der Waals surface area (Å²) in [6.45, 7) is -4.88. The fourth-order valence-electron chi connectivity index (χ4n) is 0.641. The largest absolute Gasteiger partial charge is 0.461 e. The summed E-state index contributed by atoms with van der Waals surface area (Å²) < 4.78 is 55.4. The molecule has 0 radical (unpaired) electrons. The van der Waals surface area contributed by atoms with Crippen molar-refractivity contribution >= 4 is 11.6 Å². The molecule has 3 nitrogen and oxygen atoms in total. The van der Waals surface area contributed by atoms with Crippen LogP contribution in [0.1, 0.15) is 29.0 Å². The third kappa shape index (κ3) is 2.66. The quantitative estimate of drug-likeness (QED) is 0.676. The lowest BCUT2D eigenvalue weighted by molar-refractivity contribution is 0.221. The molecule has 66 valence electrons. The van der Waals surface area contributed by atoms with E-state index in [1.165, 1.54) is 13.0 Å². The molecule has 1 heterocycles. The molecule has 0 amide bonds. The van der Waals surface area contributed by atoms with Crippen LogP contribution in [0.4, 0.5) is 0 Å². The van der Waals surface area contributed by atoms with Gasteiger partial charge in [-0.25, -0.2) is 4.98 Å². The van der Waals surface area contributed by atoms with Gasteiger partial charge in [0.05, 0.1) is 7.45 Å². The van der Waals surface area contributed by atoms with Crippen molar-refractivity contribution in [1.29, 1.82) is 0 Å². The summed E-state index contributed by atoms with van der Waals surface area (Å²) in [5.41, 5.74) is 0.355. The van der Waals surface area contributed by atoms with Crippen LogP contribution in [0.3, 0.4) is 0 Å². The SMILES string of the molecule is [2H]C([2H])([2H])C([2H])(Oc1nc(C)cc(Cl)n1)C([2H])([2H])[2H]. The van der Waals surface area contributed by atoms with Crippen LogP contribution >= 0.6 is 11.6 Å². The Kier molecular flexibility index (Phi) is 1.08. The number of hydrogen-bond donors (Lipinski definition) is 0. The zero-order chi connectivity index (χ0) is 15.1. The Labute approximate surface area is 86.6 Å². The van der Waals surface area contributed by atoms with Crippen LogP contribution in [0.5, 0.6) is 6.01 Å². The van der Waals surface area contributed by atoms with Gasteiger partial charge in [0.15, 0.2) is 0 Å². The third-order valence-electron chi connectivity index (χ3n) is 0.996. The molecule has 0 unspecified atom stereocenters. The second-order valence-electron chi connectivity index (χ2n) is 2.05. The summed E-state index contributed by atoms with van der Waals surface area (Å²) in [6.07, 6.45) is -3.17. The molecule has 0 fully saturated rings. The number of nitrogens with zero attached hydrogens (tertiary/aromatic N) is 2. The molecule has 1 rings (SSSR count). The molecule has 0 aliphatic rings. The Morgan fingerprint density at radius 1 is 1.67 bits per heavy atom. The highest BCUT2D eigenvalue weighted by Crippen LogP contribution is 2.12. The first kappa shape index (κ1) is 3.50. The Bertz CT molecular complexity index is 439. The zero-order valence-electron chi connectivity index (χ0n) is 13.3. The van der Waals surface area contributed by atoms with Crippen LogP contribution in [0.15, 0.2) is 6.07 Å². The highest BCUT2D eigenvalue weighted by Gasteiger charge is 2.02. The van der Waals surface area contributed by atoms with Gasteiger partial charge in [0.25, 0.3) is 0 Å². The first-order valence-corrected chi connectivity index (χ1v) is 3.45. The van der Waals surface area contributed by atoms with Gasteiger partial charge in [-0.3, -0.25) is 0 Å². The smallest absolute Gasteiger partial charge is 0.318 e. The molecule has 0 saturated heterocycles. The highest BCUT2D eigenvalue weighted by atomic mass is 35.5. The Hall–Kier alpha value is -0.830. The van der Waals surface area contributed by atoms with E-state index >= 15 is 0 Å². The zero-order valence-corrected chi connectivity index (χ0v) is 7.01. The van der Waals surface area contributed by atoms with Crippen molar-refractivity contribution in [3.05, 3.63) is 16.9 Å². The first-order valence-electron chi connectivity index (χ1n) is 6.57. The standard InChI is InChI=1S/C8H11ClN2O/c1-5(2)12-8-10-6(3)4-7(9)11-8/h4-5H,1-3H3/i1D3,2D3,5D. The van der Waals surface area contributed by atoms with Gasteiger partial charge in [-0.05, 0) is 26.7 Å². The van der Waals surface area contributed by atoms with Gasteiger partial charge in [0.2, 0.25) is 0 Å². The average molecular weight is 194 g/mol. The molecule has 0 bridgehead atoms. The lowest BCUT2D eigenvalue weighted by atomic mass is 10.4. The van der Waals surface area contributed by atoms with Crippen molar-refractivity contribution in [1.82, 2.24) is 9.97 Å². The summed E-state index contributed by atoms with van der Waals surface area (Å²) >= 11 is 5.63. The van der Waals surface area contributed by atoms with Gasteiger partial charge < -0.3 is 4.74 Å². The van der Waals surface area contributed by atoms with Crippen LogP contribution in [0.25, 0.3) is 0 Å². The van der Waals surface area contributed by atoms with Crippen molar-refractivity contribution < 1.29 is 14.3 Å². The van der Waals surface area contributed by atoms with Gasteiger partial charge in [0.1, 0.15) is 5.15 Å². The van der Waals surface area contributed by atoms with E-state index in [-0.39, 0.29) is 5.15 Å². The monoisotopic (exact) mass is 193 g/mol. The lowest BCUT2D eigenvalue weighted by Crippen LogP contribution is -2.08. The van der Waals surface area contributed by atoms with Crippen molar-refractivity contribution in [2.45, 2.75) is 26.7 Å². The predicted molar refractivity (Wildman–Crippen MR) is 47.5 cm³/mol. The second kappa shape index (κ2) is 3.72. The molecule has 4 heteroatoms. The van der Waals surface area contributed by atoms with Crippen LogP contribution < -0.4 is 4.74 Å². The highest BCUT2D eigenvalue weighted by molar-refractivity contribution is 6.29. The van der Waals surface area contributed by atoms with Gasteiger partial charge in [-0.1, -0.05) is 11.6 Å². The van der Waals surface area contributed by atoms with E-state index in [1.54, 1.807) is 0 Å². The van der Waals surface area contributed by atoms with E-state index in [1.807, 2.05) is 0 Å². The van der Waals surface area contributed by atoms with E-state index in [9.17, 15) is 0 Å². The second-order valence-corrected chi connectivity index (χ2v) is 2.43. The van der Waals surface area contributed by atoms with Crippen LogP contribution in [-0.4, -0.2) is 16.0 Å². The maximum atomic E-state index is 7.63. The number of halogens is 1. The van der Waals surface area contributed by atoms with Gasteiger partial charge >= 0.3 is 6.01 Å². The number of ether oxygens (including phenoxy) is 1. The molecular formula is C8H11ClN2O. The number of aryl methyl sites for hydroxylation is 1. The summed E-state index contributed by atoms with van der Waals surface area (Å²) in [5, 5.41) is -0.0408. The normalized spacial score (nSPS) is 22.0. The van der Waals surface area contributed by atoms with Crippen molar-refractivity contribution in [3.63, 3.8) is 0 Å². The maximum absolute atomic E-state index is 7.63. The number of aromatic nitrogens is 2. The van der Waals surface area contributed by atoms with Crippen LogP contribution in [0.2, 0.25) is 5.15 Å². The molecular weight excluding hydrogens is 176 g/mol. The molecule has 12 heavy (non-hydrogen) atoms. The topological polar surface area (TPSA) is 35.0 Å². The predicted octanol–water partition coefficient (Wildman–Crippen LogP) is 2.23. The first-order chi connectivity index (χ1) is 8.37. The number of rotatable bonds is 2. The Balaban J connectivity index is 3.23. The van der Waals surface area contributed by atoms with Crippen molar-refractivity contribution in [3.8, 4) is 6.01 Å². The molecule has 1 aromatic rings. The summed E-state index contributed by atoms with van der Waals surface area (Å²) in [5.74, 6) is 0. The molecule has 0 aliphatic carbocycles. The van der Waals surface area contributed by atoms with E-state index < -0.39 is 25.8 Å². The van der Waals surface area contributed by atoms with Crippen LogP contribution in [-0.2, 0) is 0 Å². The Morgan fingerprint density at radius 3 is 3.00 bits per heavy atom. The molecule has 0 N–H and O–H groups in total. The maximum Gasteiger partial charge on any atom is 0.318 e. The Morgan fingerprint density at radius 2 is 2.42 bits per heavy atom. The average Bonchev–Trinajstić information content (AvgIpc) is 2.11. The van der Waals surface area contributed by atoms with Gasteiger partial charge in [-0.15, -0.1) is 0 Å². The molecule has 0 aromatic carbocycles. The number of hydrogen-bond acceptors (Lipinski definition) is 3. The van der Waals surface area contributed by atoms with Crippen molar-refractivity contribution in [2.75, 3.05) is 0 Å². The summed E-state index contributed by atoms with van der Waals surface area (Å²) in [4.78, 5) is 7.27. The minimum atomic E-state index is -3.21. The fraction of sp³-hybridized carbons (Fsp3) is 0.500. The molecule has 0 spiro atoms. The van der Waals surface area contributed by atoms with Gasteiger partial charge in [0, 0.05) is 13.9 Å². The van der Waals surface area contributed by atoms with Crippen LogP contribution in [0, 0.1) is 6.92 Å². The fourth-order valence-corrected chi connectivity index (χ4v) is 0.871. The molecule has 0 atom stereocenters. The van der Waals surface area contributed by atoms with E-state index in [0.29, 0.717) is 5.69 Å². The van der Waals surface area contributed by atoms with E-state index in [4.69, 9.17) is 25.9 Å². The summed E-state index contributed by atoms with van der Waals surface area (Å²) in [7, 11) is 0. The minimum Gasteiger partial charge on any atom is -0.461 e. The van der Waals surface area contributed by atoms with Crippen molar-refractivity contribution in [2.24, 2.45) is 0 Å². The minimum absolute atomic E-state index is 0.0408. The molecule has 0 aliphatic heterocycles. The molecule has 1 aromatic heterocycles. The van der Waals surface area contributed by atoms with E-state index in [2.05, 4.69) is 9.97 Å². The third-order valence-corrected chi connectivity index (χ3v) is 1.19. The molecule has 0 saturated carbocycles. The summed E-state index contributed by atoms with van der Waals surface area (Å²) in [6, 6.07) is 0.817.